The first-order chi connectivity index (χ1) is 8.47. The molecule has 3 nitrogen and oxygen atoms in total. The van der Waals surface area contributed by atoms with Gasteiger partial charge >= 0.3 is 5.97 Å². The van der Waals surface area contributed by atoms with Crippen molar-refractivity contribution in [3.05, 3.63) is 11.6 Å². The Morgan fingerprint density at radius 1 is 1.39 bits per heavy atom. The van der Waals surface area contributed by atoms with Crippen molar-refractivity contribution in [2.24, 2.45) is 17.8 Å². The van der Waals surface area contributed by atoms with E-state index in [1.54, 1.807) is 0 Å². The van der Waals surface area contributed by atoms with Gasteiger partial charge in [-0.15, -0.1) is 0 Å². The molecule has 0 aromatic heterocycles. The van der Waals surface area contributed by atoms with Gasteiger partial charge in [0, 0.05) is 11.6 Å². The second-order valence-corrected chi connectivity index (χ2v) is 6.16. The predicted molar refractivity (Wildman–Crippen MR) is 69.9 cm³/mol. The molecule has 2 aliphatic rings. The largest absolute Gasteiger partial charge is 0.428 e. The summed E-state index contributed by atoms with van der Waals surface area (Å²) in [5.41, 5.74) is 0.890. The lowest BCUT2D eigenvalue weighted by Gasteiger charge is -2.38. The summed E-state index contributed by atoms with van der Waals surface area (Å²) in [5, 5.41) is 0. The molecule has 1 aliphatic heterocycles. The van der Waals surface area contributed by atoms with E-state index < -0.39 is 6.29 Å². The molecule has 0 aromatic rings. The molecule has 4 atom stereocenters. The molecule has 1 saturated carbocycles. The highest BCUT2D eigenvalue weighted by atomic mass is 16.7. The first kappa shape index (κ1) is 13.6. The van der Waals surface area contributed by atoms with Crippen LogP contribution in [0.2, 0.25) is 0 Å². The average molecular weight is 252 g/mol. The monoisotopic (exact) mass is 252 g/mol. The second-order valence-electron chi connectivity index (χ2n) is 6.16. The molecule has 3 heteroatoms. The molecule has 18 heavy (non-hydrogen) atoms. The smallest absolute Gasteiger partial charge is 0.333 e. The Bertz CT molecular complexity index is 346. The van der Waals surface area contributed by atoms with Crippen LogP contribution in [0.4, 0.5) is 0 Å². The van der Waals surface area contributed by atoms with E-state index in [1.165, 1.54) is 18.9 Å². The fourth-order valence-corrected chi connectivity index (χ4v) is 3.05. The number of carbonyl (C=O) groups excluding carboxylic acids is 1. The topological polar surface area (TPSA) is 35.5 Å². The lowest BCUT2D eigenvalue weighted by molar-refractivity contribution is -0.180. The molecule has 0 unspecified atom stereocenters. The molecule has 2 rings (SSSR count). The Labute approximate surface area is 110 Å². The van der Waals surface area contributed by atoms with Crippen molar-refractivity contribution in [2.45, 2.75) is 59.4 Å². The van der Waals surface area contributed by atoms with Crippen LogP contribution in [0, 0.1) is 17.8 Å². The van der Waals surface area contributed by atoms with Crippen molar-refractivity contribution < 1.29 is 14.3 Å². The summed E-state index contributed by atoms with van der Waals surface area (Å²) in [7, 11) is 0. The molecule has 0 saturated heterocycles. The molecule has 0 aromatic carbocycles. The maximum absolute atomic E-state index is 11.2. The summed E-state index contributed by atoms with van der Waals surface area (Å²) in [6.07, 6.45) is 4.86. The summed E-state index contributed by atoms with van der Waals surface area (Å²) in [6.45, 7) is 8.67. The predicted octanol–water partition coefficient (Wildman–Crippen LogP) is 3.29. The molecule has 0 amide bonds. The van der Waals surface area contributed by atoms with Gasteiger partial charge in [0.2, 0.25) is 6.29 Å². The minimum Gasteiger partial charge on any atom is -0.428 e. The standard InChI is InChI=1S/C15H24O3/c1-9(2)12-6-5-10(3)7-13(12)17-15-11(4)8-14(16)18-15/h8-10,12-13,15H,5-7H2,1-4H3/t10-,12+,13-,15-/m1/s1. The van der Waals surface area contributed by atoms with E-state index in [2.05, 4.69) is 20.8 Å². The van der Waals surface area contributed by atoms with Gasteiger partial charge < -0.3 is 9.47 Å². The van der Waals surface area contributed by atoms with E-state index in [-0.39, 0.29) is 12.1 Å². The van der Waals surface area contributed by atoms with Crippen molar-refractivity contribution >= 4 is 5.97 Å². The third kappa shape index (κ3) is 2.94. The van der Waals surface area contributed by atoms with Gasteiger partial charge in [0.1, 0.15) is 0 Å². The quantitative estimate of drug-likeness (QED) is 0.723. The van der Waals surface area contributed by atoms with Gasteiger partial charge in [-0.25, -0.2) is 4.79 Å². The van der Waals surface area contributed by atoms with Gasteiger partial charge in [0.05, 0.1) is 6.10 Å². The maximum atomic E-state index is 11.2. The Morgan fingerprint density at radius 3 is 2.67 bits per heavy atom. The first-order valence-electron chi connectivity index (χ1n) is 7.01. The summed E-state index contributed by atoms with van der Waals surface area (Å²) in [6, 6.07) is 0. The van der Waals surface area contributed by atoms with Crippen molar-refractivity contribution in [1.29, 1.82) is 0 Å². The highest BCUT2D eigenvalue weighted by molar-refractivity contribution is 5.85. The third-order valence-corrected chi connectivity index (χ3v) is 4.20. The Morgan fingerprint density at radius 2 is 2.11 bits per heavy atom. The molecule has 0 spiro atoms. The maximum Gasteiger partial charge on any atom is 0.333 e. The van der Waals surface area contributed by atoms with E-state index in [9.17, 15) is 4.79 Å². The van der Waals surface area contributed by atoms with Crippen molar-refractivity contribution in [1.82, 2.24) is 0 Å². The second kappa shape index (κ2) is 5.43. The van der Waals surface area contributed by atoms with Crippen LogP contribution in [0.3, 0.4) is 0 Å². The first-order valence-corrected chi connectivity index (χ1v) is 7.01. The Balaban J connectivity index is 2.01. The van der Waals surface area contributed by atoms with E-state index in [4.69, 9.17) is 9.47 Å². The highest BCUT2D eigenvalue weighted by Crippen LogP contribution is 2.37. The van der Waals surface area contributed by atoms with Gasteiger partial charge in [0.15, 0.2) is 0 Å². The van der Waals surface area contributed by atoms with Gasteiger partial charge in [-0.2, -0.15) is 0 Å². The zero-order valence-electron chi connectivity index (χ0n) is 11.8. The van der Waals surface area contributed by atoms with Gasteiger partial charge in [0.25, 0.3) is 0 Å². The molecule has 1 heterocycles. The summed E-state index contributed by atoms with van der Waals surface area (Å²) in [4.78, 5) is 11.2. The minimum atomic E-state index is -0.450. The van der Waals surface area contributed by atoms with E-state index >= 15 is 0 Å². The molecule has 0 bridgehead atoms. The fraction of sp³-hybridized carbons (Fsp3) is 0.800. The molecule has 102 valence electrons. The number of carbonyl (C=O) groups is 1. The van der Waals surface area contributed by atoms with Gasteiger partial charge in [-0.05, 0) is 37.5 Å². The fourth-order valence-electron chi connectivity index (χ4n) is 3.05. The summed E-state index contributed by atoms with van der Waals surface area (Å²) in [5.74, 6) is 1.62. The average Bonchev–Trinajstić information content (AvgIpc) is 2.57. The van der Waals surface area contributed by atoms with Crippen LogP contribution in [0.1, 0.15) is 47.0 Å². The highest BCUT2D eigenvalue weighted by Gasteiger charge is 2.35. The van der Waals surface area contributed by atoms with Crippen molar-refractivity contribution in [3.8, 4) is 0 Å². The van der Waals surface area contributed by atoms with Crippen LogP contribution >= 0.6 is 0 Å². The lowest BCUT2D eigenvalue weighted by Crippen LogP contribution is -2.37. The van der Waals surface area contributed by atoms with Crippen LogP contribution in [0.25, 0.3) is 0 Å². The molecular weight excluding hydrogens is 228 g/mol. The SMILES string of the molecule is CC1=CC(=O)O[C@H]1O[C@@H]1C[C@H](C)CC[C@H]1C(C)C. The van der Waals surface area contributed by atoms with E-state index in [1.807, 2.05) is 6.92 Å². The number of rotatable bonds is 3. The molecular formula is C15H24O3. The molecule has 1 fully saturated rings. The zero-order valence-corrected chi connectivity index (χ0v) is 11.8. The zero-order chi connectivity index (χ0) is 13.3. The summed E-state index contributed by atoms with van der Waals surface area (Å²) >= 11 is 0. The number of ether oxygens (including phenoxy) is 2. The molecule has 0 radical (unpaired) electrons. The van der Waals surface area contributed by atoms with E-state index in [0.717, 1.165) is 12.0 Å². The van der Waals surface area contributed by atoms with Crippen LogP contribution in [-0.4, -0.2) is 18.4 Å². The molecule has 0 N–H and O–H groups in total. The third-order valence-electron chi connectivity index (χ3n) is 4.20. The lowest BCUT2D eigenvalue weighted by atomic mass is 9.75. The van der Waals surface area contributed by atoms with Gasteiger partial charge in [-0.3, -0.25) is 0 Å². The van der Waals surface area contributed by atoms with Gasteiger partial charge in [-0.1, -0.05) is 27.2 Å². The Kier molecular flexibility index (Phi) is 4.10. The number of hydrogen-bond acceptors (Lipinski definition) is 3. The van der Waals surface area contributed by atoms with Crippen LogP contribution in [0.5, 0.6) is 0 Å². The van der Waals surface area contributed by atoms with Crippen LogP contribution in [0.15, 0.2) is 11.6 Å². The van der Waals surface area contributed by atoms with Crippen molar-refractivity contribution in [2.75, 3.05) is 0 Å². The van der Waals surface area contributed by atoms with Crippen LogP contribution < -0.4 is 0 Å². The summed E-state index contributed by atoms with van der Waals surface area (Å²) < 4.78 is 11.3. The van der Waals surface area contributed by atoms with Crippen LogP contribution in [-0.2, 0) is 14.3 Å². The number of cyclic esters (lactones) is 1. The normalized spacial score (nSPS) is 36.7. The number of hydrogen-bond donors (Lipinski definition) is 0. The van der Waals surface area contributed by atoms with E-state index in [0.29, 0.717) is 17.8 Å². The minimum absolute atomic E-state index is 0.216. The molecule has 1 aliphatic carbocycles. The Hall–Kier alpha value is -0.830. The van der Waals surface area contributed by atoms with Crippen molar-refractivity contribution in [3.63, 3.8) is 0 Å². The number of esters is 1.